The lowest BCUT2D eigenvalue weighted by Gasteiger charge is -2.15. The molecule has 0 aromatic heterocycles. The number of aliphatic carboxylic acids is 1. The Kier molecular flexibility index (Phi) is 6.48. The third-order valence-electron chi connectivity index (χ3n) is 5.32. The number of carbonyl (C=O) groups is 1. The van der Waals surface area contributed by atoms with Crippen LogP contribution < -0.4 is 9.46 Å². The summed E-state index contributed by atoms with van der Waals surface area (Å²) in [6.45, 7) is 0. The topological polar surface area (TPSA) is 113 Å². The smallest absolute Gasteiger partial charge is 0.313 e. The lowest BCUT2D eigenvalue weighted by molar-refractivity contribution is -0.133. The van der Waals surface area contributed by atoms with Crippen molar-refractivity contribution < 1.29 is 28.2 Å². The standard InChI is InChI=1S/C23H23NO6S2/c25-22(26)14-31-21-13-20(18-7-3-4-8-19(18)23(21)27)24-32(28,29)17-11-9-16(10-12-17)30-15-5-1-2-6-15/h3-4,7-13,15,24,27H,1-2,5-6,14H2,(H,25,26). The van der Waals surface area contributed by atoms with E-state index in [1.165, 1.54) is 18.2 Å². The zero-order valence-corrected chi connectivity index (χ0v) is 18.8. The Balaban J connectivity index is 1.62. The van der Waals surface area contributed by atoms with Gasteiger partial charge in [0.25, 0.3) is 10.0 Å². The molecule has 3 aromatic carbocycles. The van der Waals surface area contributed by atoms with E-state index in [1.54, 1.807) is 36.4 Å². The number of phenolic OH excluding ortho intramolecular Hbond substituents is 1. The average molecular weight is 474 g/mol. The van der Waals surface area contributed by atoms with Gasteiger partial charge in [-0.3, -0.25) is 9.52 Å². The SMILES string of the molecule is O=C(O)CSc1cc(NS(=O)(=O)c2ccc(OC3CCCC3)cc2)c2ccccc2c1O. The van der Waals surface area contributed by atoms with Crippen molar-refractivity contribution >= 4 is 44.2 Å². The number of ether oxygens (including phenoxy) is 1. The molecule has 0 radical (unpaired) electrons. The maximum absolute atomic E-state index is 13.0. The molecule has 3 N–H and O–H groups in total. The highest BCUT2D eigenvalue weighted by atomic mass is 32.2. The van der Waals surface area contributed by atoms with E-state index >= 15 is 0 Å². The normalized spacial score (nSPS) is 14.5. The molecule has 1 fully saturated rings. The molecule has 0 unspecified atom stereocenters. The number of hydrogen-bond donors (Lipinski definition) is 3. The molecule has 0 heterocycles. The van der Waals surface area contributed by atoms with Crippen molar-refractivity contribution in [1.82, 2.24) is 0 Å². The molecule has 1 aliphatic rings. The molecule has 168 valence electrons. The molecule has 0 spiro atoms. The van der Waals surface area contributed by atoms with Gasteiger partial charge in [-0.05, 0) is 56.0 Å². The van der Waals surface area contributed by atoms with Crippen molar-refractivity contribution in [2.75, 3.05) is 10.5 Å². The molecule has 0 aliphatic heterocycles. The number of rotatable bonds is 8. The van der Waals surface area contributed by atoms with Crippen LogP contribution in [0.3, 0.4) is 0 Å². The monoisotopic (exact) mass is 473 g/mol. The first-order valence-electron chi connectivity index (χ1n) is 10.2. The van der Waals surface area contributed by atoms with E-state index in [0.29, 0.717) is 16.5 Å². The fourth-order valence-corrected chi connectivity index (χ4v) is 5.57. The van der Waals surface area contributed by atoms with Crippen LogP contribution in [0.2, 0.25) is 0 Å². The van der Waals surface area contributed by atoms with E-state index in [-0.39, 0.29) is 33.1 Å². The van der Waals surface area contributed by atoms with Crippen molar-refractivity contribution in [3.63, 3.8) is 0 Å². The predicted molar refractivity (Wildman–Crippen MR) is 124 cm³/mol. The highest BCUT2D eigenvalue weighted by Gasteiger charge is 2.20. The van der Waals surface area contributed by atoms with Gasteiger partial charge in [-0.15, -0.1) is 11.8 Å². The van der Waals surface area contributed by atoms with E-state index in [9.17, 15) is 18.3 Å². The van der Waals surface area contributed by atoms with Crippen LogP contribution in [-0.4, -0.2) is 36.5 Å². The number of benzene rings is 3. The quantitative estimate of drug-likeness (QED) is 0.317. The van der Waals surface area contributed by atoms with Gasteiger partial charge in [0.2, 0.25) is 0 Å². The third-order valence-corrected chi connectivity index (χ3v) is 7.71. The molecule has 7 nitrogen and oxygen atoms in total. The first-order chi connectivity index (χ1) is 15.3. The summed E-state index contributed by atoms with van der Waals surface area (Å²) >= 11 is 0.922. The first kappa shape index (κ1) is 22.3. The van der Waals surface area contributed by atoms with Crippen molar-refractivity contribution in [2.45, 2.75) is 41.6 Å². The second-order valence-corrected chi connectivity index (χ2v) is 10.3. The summed E-state index contributed by atoms with van der Waals surface area (Å²) in [5.41, 5.74) is 0.262. The van der Waals surface area contributed by atoms with Gasteiger partial charge >= 0.3 is 5.97 Å². The summed E-state index contributed by atoms with van der Waals surface area (Å²) in [5.74, 6) is -0.744. The van der Waals surface area contributed by atoms with Crippen molar-refractivity contribution in [2.24, 2.45) is 0 Å². The maximum Gasteiger partial charge on any atom is 0.313 e. The van der Waals surface area contributed by atoms with Crippen LogP contribution in [-0.2, 0) is 14.8 Å². The molecule has 9 heteroatoms. The van der Waals surface area contributed by atoms with Gasteiger partial charge in [0.05, 0.1) is 27.3 Å². The fraction of sp³-hybridized carbons (Fsp3) is 0.261. The Morgan fingerprint density at radius 1 is 1.06 bits per heavy atom. The van der Waals surface area contributed by atoms with Crippen LogP contribution in [0.15, 0.2) is 64.4 Å². The molecule has 1 saturated carbocycles. The molecule has 32 heavy (non-hydrogen) atoms. The highest BCUT2D eigenvalue weighted by Crippen LogP contribution is 2.40. The summed E-state index contributed by atoms with van der Waals surface area (Å²) in [5, 5.41) is 20.5. The molecule has 1 aliphatic carbocycles. The van der Waals surface area contributed by atoms with Crippen molar-refractivity contribution in [3.8, 4) is 11.5 Å². The third kappa shape index (κ3) is 4.94. The Bertz CT molecular complexity index is 1240. The summed E-state index contributed by atoms with van der Waals surface area (Å²) in [4.78, 5) is 11.3. The van der Waals surface area contributed by atoms with Crippen LogP contribution in [0.5, 0.6) is 11.5 Å². The Hall–Kier alpha value is -2.91. The highest BCUT2D eigenvalue weighted by molar-refractivity contribution is 8.00. The molecular formula is C23H23NO6S2. The van der Waals surface area contributed by atoms with Gasteiger partial charge in [-0.2, -0.15) is 0 Å². The number of phenols is 1. The van der Waals surface area contributed by atoms with Gasteiger partial charge in [0.1, 0.15) is 11.5 Å². The van der Waals surface area contributed by atoms with Crippen LogP contribution >= 0.6 is 11.8 Å². The lowest BCUT2D eigenvalue weighted by Crippen LogP contribution is -2.14. The number of carboxylic acids is 1. The van der Waals surface area contributed by atoms with E-state index < -0.39 is 16.0 Å². The molecular weight excluding hydrogens is 450 g/mol. The summed E-state index contributed by atoms with van der Waals surface area (Å²) in [6, 6.07) is 14.5. The Morgan fingerprint density at radius 2 is 1.72 bits per heavy atom. The van der Waals surface area contributed by atoms with Crippen LogP contribution in [0.25, 0.3) is 10.8 Å². The van der Waals surface area contributed by atoms with Crippen LogP contribution in [0.4, 0.5) is 5.69 Å². The largest absolute Gasteiger partial charge is 0.506 e. The van der Waals surface area contributed by atoms with Gasteiger partial charge in [-0.1, -0.05) is 24.3 Å². The second kappa shape index (κ2) is 9.30. The Labute approximate surface area is 190 Å². The van der Waals surface area contributed by atoms with Gasteiger partial charge in [0, 0.05) is 10.8 Å². The second-order valence-electron chi connectivity index (χ2n) is 7.60. The molecule has 3 aromatic rings. The minimum atomic E-state index is -3.92. The number of aromatic hydroxyl groups is 1. The van der Waals surface area contributed by atoms with E-state index in [4.69, 9.17) is 9.84 Å². The lowest BCUT2D eigenvalue weighted by atomic mass is 10.1. The predicted octanol–water partition coefficient (Wildman–Crippen LogP) is 4.84. The number of fused-ring (bicyclic) bond motifs is 1. The number of sulfonamides is 1. The fourth-order valence-electron chi connectivity index (χ4n) is 3.77. The van der Waals surface area contributed by atoms with Crippen molar-refractivity contribution in [3.05, 3.63) is 54.6 Å². The molecule has 4 rings (SSSR count). The zero-order valence-electron chi connectivity index (χ0n) is 17.2. The van der Waals surface area contributed by atoms with E-state index in [1.807, 2.05) is 0 Å². The molecule has 0 saturated heterocycles. The summed E-state index contributed by atoms with van der Waals surface area (Å²) in [6.07, 6.45) is 4.50. The average Bonchev–Trinajstić information content (AvgIpc) is 3.28. The number of anilines is 1. The summed E-state index contributed by atoms with van der Waals surface area (Å²) < 4.78 is 34.6. The minimum Gasteiger partial charge on any atom is -0.506 e. The van der Waals surface area contributed by atoms with Crippen molar-refractivity contribution in [1.29, 1.82) is 0 Å². The molecule has 0 bridgehead atoms. The molecule has 0 amide bonds. The number of thioether (sulfide) groups is 1. The van der Waals surface area contributed by atoms with E-state index in [2.05, 4.69) is 4.72 Å². The van der Waals surface area contributed by atoms with Gasteiger partial charge in [0.15, 0.2) is 0 Å². The summed E-state index contributed by atoms with van der Waals surface area (Å²) in [7, 11) is -3.92. The van der Waals surface area contributed by atoms with Crippen LogP contribution in [0.1, 0.15) is 25.7 Å². The van der Waals surface area contributed by atoms with Crippen LogP contribution in [0, 0.1) is 0 Å². The number of hydrogen-bond acceptors (Lipinski definition) is 6. The first-order valence-corrected chi connectivity index (χ1v) is 12.7. The molecule has 0 atom stereocenters. The maximum atomic E-state index is 13.0. The zero-order chi connectivity index (χ0) is 22.7. The van der Waals surface area contributed by atoms with Gasteiger partial charge < -0.3 is 14.9 Å². The number of carboxylic acid groups (broad SMARTS) is 1. The van der Waals surface area contributed by atoms with E-state index in [0.717, 1.165) is 37.4 Å². The Morgan fingerprint density at radius 3 is 2.38 bits per heavy atom. The van der Waals surface area contributed by atoms with Gasteiger partial charge in [-0.25, -0.2) is 8.42 Å². The number of nitrogens with one attached hydrogen (secondary N) is 1. The minimum absolute atomic E-state index is 0.0770.